The minimum Gasteiger partial charge on any atom is -0.330 e. The van der Waals surface area contributed by atoms with Crippen molar-refractivity contribution in [2.45, 2.75) is 13.3 Å². The van der Waals surface area contributed by atoms with Gasteiger partial charge < -0.3 is 5.73 Å². The number of rotatable bonds is 3. The lowest BCUT2D eigenvalue weighted by Crippen LogP contribution is -2.02. The highest BCUT2D eigenvalue weighted by Gasteiger charge is 2.08. The van der Waals surface area contributed by atoms with Gasteiger partial charge in [0.25, 0.3) is 0 Å². The van der Waals surface area contributed by atoms with Crippen LogP contribution >= 0.6 is 22.9 Å². The summed E-state index contributed by atoms with van der Waals surface area (Å²) in [5, 5.41) is 3.92. The van der Waals surface area contributed by atoms with E-state index in [9.17, 15) is 0 Å². The van der Waals surface area contributed by atoms with Crippen molar-refractivity contribution in [3.05, 3.63) is 39.2 Å². The second-order valence-electron chi connectivity index (χ2n) is 3.58. The van der Waals surface area contributed by atoms with E-state index in [2.05, 4.69) is 10.4 Å². The maximum Gasteiger partial charge on any atom is 0.0945 e. The minimum absolute atomic E-state index is 0.640. The first kappa shape index (κ1) is 11.6. The van der Waals surface area contributed by atoms with Crippen LogP contribution in [0.25, 0.3) is 11.3 Å². The molecule has 0 saturated heterocycles. The van der Waals surface area contributed by atoms with Gasteiger partial charge >= 0.3 is 0 Å². The Morgan fingerprint density at radius 1 is 1.44 bits per heavy atom. The quantitative estimate of drug-likeness (QED) is 0.911. The molecule has 0 radical (unpaired) electrons. The Bertz CT molecular complexity index is 494. The van der Waals surface area contributed by atoms with E-state index < -0.39 is 0 Å². The normalized spacial score (nSPS) is 10.7. The summed E-state index contributed by atoms with van der Waals surface area (Å²) >= 11 is 7.74. The van der Waals surface area contributed by atoms with E-state index in [1.807, 2.05) is 25.1 Å². The van der Waals surface area contributed by atoms with Gasteiger partial charge in [-0.2, -0.15) is 0 Å². The van der Waals surface area contributed by atoms with E-state index in [0.717, 1.165) is 33.3 Å². The first-order chi connectivity index (χ1) is 7.72. The zero-order valence-corrected chi connectivity index (χ0v) is 10.6. The first-order valence-corrected chi connectivity index (χ1v) is 6.38. The fourth-order valence-electron chi connectivity index (χ4n) is 1.56. The van der Waals surface area contributed by atoms with Gasteiger partial charge in [0.15, 0.2) is 0 Å². The first-order valence-electron chi connectivity index (χ1n) is 5.12. The Labute approximate surface area is 104 Å². The molecule has 0 saturated carbocycles. The lowest BCUT2D eigenvalue weighted by Gasteiger charge is -2.03. The van der Waals surface area contributed by atoms with Crippen molar-refractivity contribution in [2.75, 3.05) is 6.54 Å². The van der Waals surface area contributed by atoms with Crippen molar-refractivity contribution in [3.63, 3.8) is 0 Å². The molecule has 16 heavy (non-hydrogen) atoms. The van der Waals surface area contributed by atoms with Crippen molar-refractivity contribution in [2.24, 2.45) is 5.73 Å². The molecule has 84 valence electrons. The zero-order valence-electron chi connectivity index (χ0n) is 9.03. The molecule has 0 amide bonds. The van der Waals surface area contributed by atoms with E-state index in [4.69, 9.17) is 17.3 Å². The van der Waals surface area contributed by atoms with Crippen LogP contribution in [-0.4, -0.2) is 11.5 Å². The van der Waals surface area contributed by atoms with Crippen molar-refractivity contribution in [1.29, 1.82) is 0 Å². The predicted octanol–water partition coefficient (Wildman–Crippen LogP) is 3.27. The molecule has 1 aromatic carbocycles. The lowest BCUT2D eigenvalue weighted by atomic mass is 10.1. The number of hydrogen-bond acceptors (Lipinski definition) is 3. The van der Waals surface area contributed by atoms with E-state index >= 15 is 0 Å². The topological polar surface area (TPSA) is 38.9 Å². The van der Waals surface area contributed by atoms with Crippen LogP contribution in [0.5, 0.6) is 0 Å². The van der Waals surface area contributed by atoms with Crippen LogP contribution < -0.4 is 5.73 Å². The number of hydrogen-bond donors (Lipinski definition) is 1. The fourth-order valence-corrected chi connectivity index (χ4v) is 2.55. The third-order valence-corrected chi connectivity index (χ3v) is 3.77. The Hall–Kier alpha value is -0.900. The van der Waals surface area contributed by atoms with Gasteiger partial charge in [-0.05, 0) is 25.1 Å². The number of aromatic nitrogens is 1. The number of thiazole rings is 1. The second kappa shape index (κ2) is 4.95. The average molecular weight is 253 g/mol. The summed E-state index contributed by atoms with van der Waals surface area (Å²) in [6.07, 6.45) is 0.838. The molecule has 2 aromatic rings. The number of nitrogens with two attached hydrogens (primary N) is 1. The molecule has 4 heteroatoms. The third kappa shape index (κ3) is 2.26. The van der Waals surface area contributed by atoms with Gasteiger partial charge in [-0.1, -0.05) is 23.7 Å². The van der Waals surface area contributed by atoms with Gasteiger partial charge in [-0.3, -0.25) is 0 Å². The molecule has 0 bridgehead atoms. The molecular formula is C12H13ClN2S. The molecule has 2 rings (SSSR count). The maximum absolute atomic E-state index is 6.09. The highest BCUT2D eigenvalue weighted by molar-refractivity contribution is 7.09. The summed E-state index contributed by atoms with van der Waals surface area (Å²) < 4.78 is 0. The highest BCUT2D eigenvalue weighted by atomic mass is 35.5. The van der Waals surface area contributed by atoms with Crippen LogP contribution in [0.15, 0.2) is 23.6 Å². The van der Waals surface area contributed by atoms with E-state index in [1.165, 1.54) is 0 Å². The van der Waals surface area contributed by atoms with Crippen LogP contribution in [0.1, 0.15) is 10.6 Å². The molecule has 2 N–H and O–H groups in total. The van der Waals surface area contributed by atoms with Crippen LogP contribution in [0.4, 0.5) is 0 Å². The monoisotopic (exact) mass is 252 g/mol. The molecule has 0 fully saturated rings. The van der Waals surface area contributed by atoms with Gasteiger partial charge in [0.1, 0.15) is 0 Å². The second-order valence-corrected chi connectivity index (χ2v) is 4.93. The molecule has 0 spiro atoms. The van der Waals surface area contributed by atoms with E-state index in [-0.39, 0.29) is 0 Å². The van der Waals surface area contributed by atoms with Gasteiger partial charge in [-0.15, -0.1) is 11.3 Å². The van der Waals surface area contributed by atoms with E-state index in [1.54, 1.807) is 11.3 Å². The van der Waals surface area contributed by atoms with Gasteiger partial charge in [0, 0.05) is 22.4 Å². The summed E-state index contributed by atoms with van der Waals surface area (Å²) in [6, 6.07) is 5.89. The molecule has 0 unspecified atom stereocenters. The van der Waals surface area contributed by atoms with Gasteiger partial charge in [0.2, 0.25) is 0 Å². The largest absolute Gasteiger partial charge is 0.330 e. The van der Waals surface area contributed by atoms with Crippen LogP contribution in [0.3, 0.4) is 0 Å². The number of halogens is 1. The van der Waals surface area contributed by atoms with Crippen LogP contribution in [-0.2, 0) is 6.42 Å². The Morgan fingerprint density at radius 3 is 3.00 bits per heavy atom. The summed E-state index contributed by atoms with van der Waals surface area (Å²) in [6.45, 7) is 2.65. The fraction of sp³-hybridized carbons (Fsp3) is 0.250. The molecule has 0 aliphatic carbocycles. The average Bonchev–Trinajstić information content (AvgIpc) is 2.71. The third-order valence-electron chi connectivity index (χ3n) is 2.45. The minimum atomic E-state index is 0.640. The molecule has 0 atom stereocenters. The van der Waals surface area contributed by atoms with Crippen molar-refractivity contribution < 1.29 is 0 Å². The standard InChI is InChI=1S/C12H13ClN2S/c1-8-9(3-2-4-10(8)13)11-7-16-12(15-11)5-6-14/h2-4,7H,5-6,14H2,1H3. The molecule has 0 aliphatic rings. The maximum atomic E-state index is 6.09. The van der Waals surface area contributed by atoms with Crippen molar-refractivity contribution in [3.8, 4) is 11.3 Å². The summed E-state index contributed by atoms with van der Waals surface area (Å²) in [5.41, 5.74) is 8.68. The van der Waals surface area contributed by atoms with Crippen molar-refractivity contribution in [1.82, 2.24) is 4.98 Å². The molecule has 1 aromatic heterocycles. The van der Waals surface area contributed by atoms with Crippen molar-refractivity contribution >= 4 is 22.9 Å². The summed E-state index contributed by atoms with van der Waals surface area (Å²) in [7, 11) is 0. The summed E-state index contributed by atoms with van der Waals surface area (Å²) in [5.74, 6) is 0. The van der Waals surface area contributed by atoms with Gasteiger partial charge in [0.05, 0.1) is 10.7 Å². The molecule has 0 aliphatic heterocycles. The van der Waals surface area contributed by atoms with Gasteiger partial charge in [-0.25, -0.2) is 4.98 Å². The summed E-state index contributed by atoms with van der Waals surface area (Å²) in [4.78, 5) is 4.55. The number of nitrogens with zero attached hydrogens (tertiary/aromatic N) is 1. The molecule has 1 heterocycles. The van der Waals surface area contributed by atoms with Crippen LogP contribution in [0.2, 0.25) is 5.02 Å². The number of benzene rings is 1. The van der Waals surface area contributed by atoms with E-state index in [0.29, 0.717) is 6.54 Å². The lowest BCUT2D eigenvalue weighted by molar-refractivity contribution is 0.954. The Balaban J connectivity index is 2.39. The highest BCUT2D eigenvalue weighted by Crippen LogP contribution is 2.29. The smallest absolute Gasteiger partial charge is 0.0945 e. The molecular weight excluding hydrogens is 240 g/mol. The predicted molar refractivity (Wildman–Crippen MR) is 70.1 cm³/mol. The Kier molecular flexibility index (Phi) is 3.59. The zero-order chi connectivity index (χ0) is 11.5. The SMILES string of the molecule is Cc1c(Cl)cccc1-c1csc(CCN)n1. The molecule has 2 nitrogen and oxygen atoms in total. The van der Waals surface area contributed by atoms with Crippen LogP contribution in [0, 0.1) is 6.92 Å². The Morgan fingerprint density at radius 2 is 2.25 bits per heavy atom.